The van der Waals surface area contributed by atoms with Crippen molar-refractivity contribution in [2.24, 2.45) is 0 Å². The number of rotatable bonds is 11. The van der Waals surface area contributed by atoms with Crippen molar-refractivity contribution >= 4 is 129 Å². The maximum absolute atomic E-state index is 2.41. The van der Waals surface area contributed by atoms with Crippen LogP contribution in [0.5, 0.6) is 0 Å². The monoisotopic (exact) mass is 1490 g/mol. The van der Waals surface area contributed by atoms with Crippen molar-refractivity contribution in [3.8, 4) is 122 Å². The van der Waals surface area contributed by atoms with E-state index in [1.54, 1.807) is 0 Å². The van der Waals surface area contributed by atoms with Gasteiger partial charge in [0, 0.05) is 0 Å². The fourth-order valence-electron chi connectivity index (χ4n) is 19.8. The predicted molar refractivity (Wildman–Crippen MR) is 507 cm³/mol. The molecule has 0 unspecified atom stereocenters. The van der Waals surface area contributed by atoms with E-state index in [0.29, 0.717) is 0 Å². The van der Waals surface area contributed by atoms with Crippen molar-refractivity contribution in [3.63, 3.8) is 0 Å². The lowest BCUT2D eigenvalue weighted by atomic mass is 9.86. The third-order valence-electron chi connectivity index (χ3n) is 25.4. The summed E-state index contributed by atoms with van der Waals surface area (Å²) in [5.74, 6) is 0. The Hall–Kier alpha value is -15.3. The Labute approximate surface area is 683 Å². The summed E-state index contributed by atoms with van der Waals surface area (Å²) in [4.78, 5) is 0. The summed E-state index contributed by atoms with van der Waals surface area (Å²) in [6, 6.07) is 163. The highest BCUT2D eigenvalue weighted by Crippen LogP contribution is 2.48. The van der Waals surface area contributed by atoms with Gasteiger partial charge in [0.2, 0.25) is 0 Å². The van der Waals surface area contributed by atoms with Gasteiger partial charge in [-0.15, -0.1) is 0 Å². The van der Waals surface area contributed by atoms with Gasteiger partial charge in [0.15, 0.2) is 0 Å². The van der Waals surface area contributed by atoms with Gasteiger partial charge in [-0.2, -0.15) is 0 Å². The van der Waals surface area contributed by atoms with Crippen LogP contribution in [0.1, 0.15) is 0 Å². The lowest BCUT2D eigenvalue weighted by Gasteiger charge is -2.17. The Morgan fingerprint density at radius 3 is 0.500 bits per heavy atom. The smallest absolute Gasteiger partial charge is 0.00206 e. The van der Waals surface area contributed by atoms with Crippen molar-refractivity contribution in [2.75, 3.05) is 0 Å². The maximum Gasteiger partial charge on any atom is -0.00206 e. The minimum Gasteiger partial charge on any atom is -0.0622 e. The number of hydrogen-bond donors (Lipinski definition) is 0. The van der Waals surface area contributed by atoms with E-state index in [1.165, 1.54) is 252 Å². The van der Waals surface area contributed by atoms with Crippen LogP contribution in [-0.4, -0.2) is 0 Å². The van der Waals surface area contributed by atoms with Crippen LogP contribution in [0.2, 0.25) is 0 Å². The van der Waals surface area contributed by atoms with Gasteiger partial charge in [0.05, 0.1) is 0 Å². The fraction of sp³-hybridized carbons (Fsp3) is 0. The molecule has 0 aliphatic carbocycles. The normalized spacial score (nSPS) is 11.9. The summed E-state index contributed by atoms with van der Waals surface area (Å²) >= 11 is 0. The van der Waals surface area contributed by atoms with E-state index in [1.807, 2.05) is 0 Å². The third kappa shape index (κ3) is 11.2. The van der Waals surface area contributed by atoms with E-state index in [-0.39, 0.29) is 0 Å². The van der Waals surface area contributed by atoms with Crippen LogP contribution in [0.25, 0.3) is 252 Å². The summed E-state index contributed by atoms with van der Waals surface area (Å²) in [5.41, 5.74) is 26.7. The topological polar surface area (TPSA) is 0 Å². The molecular formula is C118H72. The first kappa shape index (κ1) is 67.2. The molecule has 25 aromatic rings. The highest BCUT2D eigenvalue weighted by molar-refractivity contribution is 6.29. The molecule has 0 fully saturated rings. The molecule has 0 saturated carbocycles. The van der Waals surface area contributed by atoms with Crippen LogP contribution in [0.4, 0.5) is 0 Å². The molecule has 0 nitrogen and oxygen atoms in total. The number of hydrogen-bond acceptors (Lipinski definition) is 0. The summed E-state index contributed by atoms with van der Waals surface area (Å²) in [6.07, 6.45) is 0. The van der Waals surface area contributed by atoms with Gasteiger partial charge < -0.3 is 0 Å². The van der Waals surface area contributed by atoms with Gasteiger partial charge in [-0.3, -0.25) is 0 Å². The van der Waals surface area contributed by atoms with E-state index in [0.717, 1.165) is 0 Å². The molecule has 0 aliphatic rings. The first-order chi connectivity index (χ1) is 58.4. The van der Waals surface area contributed by atoms with Crippen molar-refractivity contribution in [1.29, 1.82) is 0 Å². The van der Waals surface area contributed by atoms with E-state index in [4.69, 9.17) is 0 Å². The first-order valence-corrected chi connectivity index (χ1v) is 41.0. The lowest BCUT2D eigenvalue weighted by molar-refractivity contribution is 1.55. The molecule has 544 valence electrons. The zero-order valence-electron chi connectivity index (χ0n) is 64.6. The first-order valence-electron chi connectivity index (χ1n) is 41.0. The minimum atomic E-state index is 1.19. The third-order valence-corrected chi connectivity index (χ3v) is 25.4. The standard InChI is InChI=1S/C62H38.C56H34/c1-3-10-39(11-4-1)49-33-51(47-18-9-19-48(32-47)55-28-24-45-22-20-41-14-7-16-43-26-30-57(55)61(45)59(41)43)36-52(34-49)53-35-50(40-12-5-2-6-13-40)37-54(38-53)56-29-25-46-23-21-42-15-8-17-44-27-31-58(56)62(46)60(42)44;1-2-8-35(9-3-1)46-32-47(42-14-6-16-44(30-42)49-26-22-40-20-18-36-10-4-12-38-24-28-51(49)55(40)53(36)38)34-48(33-46)43-15-7-17-45(31-43)50-27-23-41-21-19-37-11-5-13-39-25-29-52(50)56(41)54(37)39/h1-38H;1-34H. The molecule has 0 saturated heterocycles. The van der Waals surface area contributed by atoms with Gasteiger partial charge in [-0.1, -0.05) is 364 Å². The molecule has 0 bridgehead atoms. The molecule has 0 spiro atoms. The van der Waals surface area contributed by atoms with Crippen LogP contribution < -0.4 is 0 Å². The van der Waals surface area contributed by atoms with Crippen LogP contribution >= 0.6 is 0 Å². The molecule has 25 aromatic carbocycles. The van der Waals surface area contributed by atoms with Gasteiger partial charge in [0.1, 0.15) is 0 Å². The minimum absolute atomic E-state index is 1.19. The zero-order valence-corrected chi connectivity index (χ0v) is 64.6. The largest absolute Gasteiger partial charge is 0.0622 e. The molecule has 0 aliphatic heterocycles. The summed E-state index contributed by atoms with van der Waals surface area (Å²) in [5, 5.41) is 31.4. The van der Waals surface area contributed by atoms with Crippen molar-refractivity contribution in [2.45, 2.75) is 0 Å². The Bertz CT molecular complexity index is 8000. The van der Waals surface area contributed by atoms with Gasteiger partial charge >= 0.3 is 0 Å². The van der Waals surface area contributed by atoms with Crippen molar-refractivity contribution in [3.05, 3.63) is 437 Å². The molecule has 0 amide bonds. The predicted octanol–water partition coefficient (Wildman–Crippen LogP) is 33.3. The Balaban J connectivity index is 0.000000135. The van der Waals surface area contributed by atoms with Crippen LogP contribution in [0.15, 0.2) is 437 Å². The molecule has 0 heterocycles. The summed E-state index contributed by atoms with van der Waals surface area (Å²) < 4.78 is 0. The number of benzene rings is 25. The Morgan fingerprint density at radius 2 is 0.246 bits per heavy atom. The molecule has 0 radical (unpaired) electrons. The quantitative estimate of drug-likeness (QED) is 0.113. The second-order valence-electron chi connectivity index (χ2n) is 32.1. The second kappa shape index (κ2) is 27.2. The Kier molecular flexibility index (Phi) is 15.5. The van der Waals surface area contributed by atoms with E-state index < -0.39 is 0 Å². The average Bonchev–Trinajstić information content (AvgIpc) is 0.753. The van der Waals surface area contributed by atoms with Crippen LogP contribution in [-0.2, 0) is 0 Å². The molecule has 0 aromatic heterocycles. The van der Waals surface area contributed by atoms with Gasteiger partial charge in [-0.25, -0.2) is 0 Å². The second-order valence-corrected chi connectivity index (χ2v) is 32.1. The Morgan fingerprint density at radius 1 is 0.0847 bits per heavy atom. The highest BCUT2D eigenvalue weighted by atomic mass is 14.3. The highest BCUT2D eigenvalue weighted by Gasteiger charge is 2.21. The van der Waals surface area contributed by atoms with Gasteiger partial charge in [0.25, 0.3) is 0 Å². The van der Waals surface area contributed by atoms with Crippen molar-refractivity contribution in [1.82, 2.24) is 0 Å². The van der Waals surface area contributed by atoms with Crippen molar-refractivity contribution < 1.29 is 0 Å². The summed E-state index contributed by atoms with van der Waals surface area (Å²) in [7, 11) is 0. The lowest BCUT2D eigenvalue weighted by Crippen LogP contribution is -1.91. The molecule has 0 atom stereocenters. The molecule has 25 rings (SSSR count). The maximum atomic E-state index is 2.41. The van der Waals surface area contributed by atoms with E-state index >= 15 is 0 Å². The zero-order chi connectivity index (χ0) is 77.5. The average molecular weight is 1490 g/mol. The van der Waals surface area contributed by atoms with E-state index in [9.17, 15) is 0 Å². The molecular weight excluding hydrogens is 1420 g/mol. The van der Waals surface area contributed by atoms with Gasteiger partial charge in [-0.05, 0) is 324 Å². The molecule has 118 heavy (non-hydrogen) atoms. The van der Waals surface area contributed by atoms with Crippen LogP contribution in [0.3, 0.4) is 0 Å². The fourth-order valence-corrected chi connectivity index (χ4v) is 19.8. The molecule has 0 N–H and O–H groups in total. The van der Waals surface area contributed by atoms with E-state index in [2.05, 4.69) is 437 Å². The van der Waals surface area contributed by atoms with Crippen LogP contribution in [0, 0.1) is 0 Å². The summed E-state index contributed by atoms with van der Waals surface area (Å²) in [6.45, 7) is 0. The molecule has 0 heteroatoms. The SMILES string of the molecule is c1ccc(-c2cc(-c3cccc(-c4ccc5ccc6cccc7ccc4c5c67)c3)cc(-c3cc(-c4ccccc4)cc(-c4ccc5ccc6cccc7ccc4c5c67)c3)c2)cc1.c1ccc(-c2cc(-c3cccc(-c4ccc5ccc6cccc7ccc4c5c67)c3)cc(-c3cccc(-c4ccc5ccc6cccc7ccc4c5c67)c3)c2)cc1.